The van der Waals surface area contributed by atoms with Crippen molar-refractivity contribution < 1.29 is 17.9 Å². The monoisotopic (exact) mass is 285 g/mol. The second kappa shape index (κ2) is 7.10. The highest BCUT2D eigenvalue weighted by Crippen LogP contribution is 2.17. The van der Waals surface area contributed by atoms with Crippen molar-refractivity contribution in [3.63, 3.8) is 0 Å². The van der Waals surface area contributed by atoms with Crippen LogP contribution in [0.1, 0.15) is 0 Å². The largest absolute Gasteiger partial charge is 0.401 e. The maximum atomic E-state index is 12.2. The summed E-state index contributed by atoms with van der Waals surface area (Å²) in [7, 11) is 1.60. The van der Waals surface area contributed by atoms with Crippen LogP contribution in [0.3, 0.4) is 0 Å². The van der Waals surface area contributed by atoms with Crippen molar-refractivity contribution in [2.45, 2.75) is 6.18 Å². The number of nitrogens with one attached hydrogen (secondary N) is 1. The Kier molecular flexibility index (Phi) is 6.10. The summed E-state index contributed by atoms with van der Waals surface area (Å²) in [4.78, 5) is 3.28. The molecule has 0 unspecified atom stereocenters. The van der Waals surface area contributed by atoms with Crippen LogP contribution >= 0.6 is 12.2 Å². The molecule has 1 aliphatic heterocycles. The number of hydrogen-bond acceptors (Lipinski definition) is 3. The van der Waals surface area contributed by atoms with Crippen molar-refractivity contribution >= 4 is 17.3 Å². The summed E-state index contributed by atoms with van der Waals surface area (Å²) in [6, 6.07) is 0. The van der Waals surface area contributed by atoms with Crippen molar-refractivity contribution in [2.75, 3.05) is 53.0 Å². The molecule has 0 bridgehead atoms. The Bertz CT molecular complexity index is 268. The van der Waals surface area contributed by atoms with Crippen LogP contribution in [0.25, 0.3) is 0 Å². The van der Waals surface area contributed by atoms with Gasteiger partial charge in [-0.3, -0.25) is 4.90 Å². The molecule has 1 N–H and O–H groups in total. The van der Waals surface area contributed by atoms with Crippen molar-refractivity contribution in [3.8, 4) is 0 Å². The van der Waals surface area contributed by atoms with Crippen molar-refractivity contribution in [1.29, 1.82) is 0 Å². The molecule has 0 saturated carbocycles. The Labute approximate surface area is 110 Å². The van der Waals surface area contributed by atoms with E-state index in [1.54, 1.807) is 7.11 Å². The number of ether oxygens (including phenoxy) is 1. The lowest BCUT2D eigenvalue weighted by Crippen LogP contribution is -2.53. The van der Waals surface area contributed by atoms with Gasteiger partial charge in [0.25, 0.3) is 0 Å². The first-order valence-electron chi connectivity index (χ1n) is 5.73. The molecule has 0 aromatic heterocycles. The highest BCUT2D eigenvalue weighted by atomic mass is 32.1. The van der Waals surface area contributed by atoms with E-state index in [-0.39, 0.29) is 0 Å². The summed E-state index contributed by atoms with van der Waals surface area (Å²) in [6.45, 7) is 2.12. The van der Waals surface area contributed by atoms with Crippen LogP contribution in [-0.4, -0.2) is 74.1 Å². The highest BCUT2D eigenvalue weighted by Gasteiger charge is 2.32. The van der Waals surface area contributed by atoms with Gasteiger partial charge in [-0.25, -0.2) is 0 Å². The third-order valence-corrected chi connectivity index (χ3v) is 3.05. The lowest BCUT2D eigenvalue weighted by Gasteiger charge is -2.36. The summed E-state index contributed by atoms with van der Waals surface area (Å²) >= 11 is 5.15. The van der Waals surface area contributed by atoms with E-state index in [9.17, 15) is 13.2 Å². The zero-order chi connectivity index (χ0) is 13.6. The fourth-order valence-corrected chi connectivity index (χ4v) is 2.02. The van der Waals surface area contributed by atoms with Gasteiger partial charge in [0, 0.05) is 39.8 Å². The molecule has 8 heteroatoms. The number of methoxy groups -OCH3 is 1. The quantitative estimate of drug-likeness (QED) is 0.606. The predicted molar refractivity (Wildman–Crippen MR) is 66.5 cm³/mol. The number of piperazine rings is 1. The molecule has 0 amide bonds. The lowest BCUT2D eigenvalue weighted by atomic mass is 10.3. The molecular formula is C10H18F3N3OS. The fourth-order valence-electron chi connectivity index (χ4n) is 1.73. The average Bonchev–Trinajstić information content (AvgIpc) is 2.28. The van der Waals surface area contributed by atoms with Gasteiger partial charge in [-0.2, -0.15) is 13.2 Å². The first-order valence-corrected chi connectivity index (χ1v) is 6.14. The third-order valence-electron chi connectivity index (χ3n) is 2.64. The molecule has 0 aromatic rings. The minimum atomic E-state index is -4.13. The summed E-state index contributed by atoms with van der Waals surface area (Å²) in [6.07, 6.45) is -4.13. The van der Waals surface area contributed by atoms with Gasteiger partial charge in [-0.1, -0.05) is 0 Å². The molecule has 106 valence electrons. The molecule has 0 radical (unpaired) electrons. The topological polar surface area (TPSA) is 27.7 Å². The van der Waals surface area contributed by atoms with E-state index in [0.29, 0.717) is 44.4 Å². The van der Waals surface area contributed by atoms with E-state index in [4.69, 9.17) is 17.0 Å². The Morgan fingerprint density at radius 2 is 1.89 bits per heavy atom. The van der Waals surface area contributed by atoms with Crippen LogP contribution in [0.2, 0.25) is 0 Å². The SMILES string of the molecule is COCCNC(=S)N1CCN(CC(F)(F)F)CC1. The first-order chi connectivity index (χ1) is 8.42. The molecule has 4 nitrogen and oxygen atoms in total. The van der Waals surface area contributed by atoms with Crippen LogP contribution in [0.4, 0.5) is 13.2 Å². The number of alkyl halides is 3. The second-order valence-corrected chi connectivity index (χ2v) is 4.49. The van der Waals surface area contributed by atoms with Gasteiger partial charge in [0.05, 0.1) is 13.2 Å². The van der Waals surface area contributed by atoms with Gasteiger partial charge in [0.2, 0.25) is 0 Å². The van der Waals surface area contributed by atoms with Crippen LogP contribution in [0.15, 0.2) is 0 Å². The maximum absolute atomic E-state index is 12.2. The number of thiocarbonyl (C=S) groups is 1. The van der Waals surface area contributed by atoms with Crippen LogP contribution in [0.5, 0.6) is 0 Å². The van der Waals surface area contributed by atoms with Gasteiger partial charge in [-0.05, 0) is 12.2 Å². The standard InChI is InChI=1S/C10H18F3N3OS/c1-17-7-2-14-9(18)16-5-3-15(4-6-16)8-10(11,12)13/h2-8H2,1H3,(H,14,18). The fraction of sp³-hybridized carbons (Fsp3) is 0.900. The van der Waals surface area contributed by atoms with Gasteiger partial charge in [0.1, 0.15) is 0 Å². The van der Waals surface area contributed by atoms with E-state index in [1.165, 1.54) is 4.90 Å². The first kappa shape index (κ1) is 15.5. The molecule has 0 spiro atoms. The van der Waals surface area contributed by atoms with Gasteiger partial charge in [0.15, 0.2) is 5.11 Å². The van der Waals surface area contributed by atoms with E-state index < -0.39 is 12.7 Å². The van der Waals surface area contributed by atoms with Gasteiger partial charge < -0.3 is 15.0 Å². The van der Waals surface area contributed by atoms with E-state index in [1.807, 2.05) is 4.90 Å². The Morgan fingerprint density at radius 1 is 1.28 bits per heavy atom. The molecule has 0 atom stereocenters. The molecule has 1 fully saturated rings. The highest BCUT2D eigenvalue weighted by molar-refractivity contribution is 7.80. The average molecular weight is 285 g/mol. The molecule has 0 aromatic carbocycles. The zero-order valence-corrected chi connectivity index (χ0v) is 11.1. The smallest absolute Gasteiger partial charge is 0.383 e. The minimum Gasteiger partial charge on any atom is -0.383 e. The van der Waals surface area contributed by atoms with Gasteiger partial charge >= 0.3 is 6.18 Å². The Morgan fingerprint density at radius 3 is 2.39 bits per heavy atom. The summed E-state index contributed by atoms with van der Waals surface area (Å²) in [5.74, 6) is 0. The van der Waals surface area contributed by atoms with Crippen molar-refractivity contribution in [1.82, 2.24) is 15.1 Å². The molecule has 0 aliphatic carbocycles. The molecule has 18 heavy (non-hydrogen) atoms. The summed E-state index contributed by atoms with van der Waals surface area (Å²) < 4.78 is 41.5. The number of rotatable bonds is 4. The summed E-state index contributed by atoms with van der Waals surface area (Å²) in [5.41, 5.74) is 0. The van der Waals surface area contributed by atoms with Crippen LogP contribution in [-0.2, 0) is 4.74 Å². The maximum Gasteiger partial charge on any atom is 0.401 e. The number of halogens is 3. The zero-order valence-electron chi connectivity index (χ0n) is 10.3. The van der Waals surface area contributed by atoms with Crippen LogP contribution in [0, 0.1) is 0 Å². The second-order valence-electron chi connectivity index (χ2n) is 4.10. The van der Waals surface area contributed by atoms with E-state index in [2.05, 4.69) is 5.32 Å². The predicted octanol–water partition coefficient (Wildman–Crippen LogP) is 0.687. The summed E-state index contributed by atoms with van der Waals surface area (Å²) in [5, 5.41) is 3.59. The third kappa shape index (κ3) is 5.83. The van der Waals surface area contributed by atoms with E-state index in [0.717, 1.165) is 0 Å². The normalized spacial score (nSPS) is 17.9. The molecular weight excluding hydrogens is 267 g/mol. The number of nitrogens with zero attached hydrogens (tertiary/aromatic N) is 2. The van der Waals surface area contributed by atoms with E-state index >= 15 is 0 Å². The van der Waals surface area contributed by atoms with Crippen molar-refractivity contribution in [3.05, 3.63) is 0 Å². The lowest BCUT2D eigenvalue weighted by molar-refractivity contribution is -0.148. The van der Waals surface area contributed by atoms with Gasteiger partial charge in [-0.15, -0.1) is 0 Å². The molecule has 1 aliphatic rings. The van der Waals surface area contributed by atoms with Crippen LogP contribution < -0.4 is 5.32 Å². The number of hydrogen-bond donors (Lipinski definition) is 1. The Balaban J connectivity index is 2.24. The Hall–Kier alpha value is -0.600. The minimum absolute atomic E-state index is 0.381. The molecule has 1 saturated heterocycles. The molecule has 1 rings (SSSR count). The van der Waals surface area contributed by atoms with Crippen molar-refractivity contribution in [2.24, 2.45) is 0 Å². The molecule has 1 heterocycles.